The zero-order chi connectivity index (χ0) is 17.9. The summed E-state index contributed by atoms with van der Waals surface area (Å²) in [5.74, 6) is 2.75. The van der Waals surface area contributed by atoms with Gasteiger partial charge >= 0.3 is 0 Å². The van der Waals surface area contributed by atoms with Gasteiger partial charge in [0.15, 0.2) is 0 Å². The van der Waals surface area contributed by atoms with Crippen molar-refractivity contribution in [2.45, 2.75) is 51.4 Å². The Labute approximate surface area is 158 Å². The molecule has 1 aromatic carbocycles. The van der Waals surface area contributed by atoms with E-state index in [9.17, 15) is 0 Å². The molecule has 0 spiro atoms. The van der Waals surface area contributed by atoms with Gasteiger partial charge in [-0.15, -0.1) is 0 Å². The first-order chi connectivity index (χ1) is 12.7. The van der Waals surface area contributed by atoms with Crippen LogP contribution in [0.25, 0.3) is 0 Å². The third-order valence-corrected chi connectivity index (χ3v) is 6.07. The van der Waals surface area contributed by atoms with Crippen molar-refractivity contribution in [1.82, 2.24) is 5.32 Å². The summed E-state index contributed by atoms with van der Waals surface area (Å²) in [7, 11) is 2.22. The van der Waals surface area contributed by atoms with Crippen LogP contribution in [0, 0.1) is 5.92 Å². The monoisotopic (exact) mass is 358 g/mol. The summed E-state index contributed by atoms with van der Waals surface area (Å²) in [5, 5.41) is 3.53. The van der Waals surface area contributed by atoms with Crippen LogP contribution in [0.2, 0.25) is 0 Å². The van der Waals surface area contributed by atoms with Gasteiger partial charge in [-0.25, -0.2) is 0 Å². The van der Waals surface area contributed by atoms with Crippen LogP contribution in [0.5, 0.6) is 5.75 Å². The Morgan fingerprint density at radius 1 is 1.12 bits per heavy atom. The Bertz CT molecular complexity index is 621. The average molecular weight is 359 g/mol. The van der Waals surface area contributed by atoms with E-state index >= 15 is 0 Å². The molecule has 4 aliphatic rings. The van der Waals surface area contributed by atoms with Gasteiger partial charge in [-0.1, -0.05) is 6.92 Å². The van der Waals surface area contributed by atoms with E-state index in [1.807, 2.05) is 0 Å². The molecule has 144 valence electrons. The molecule has 1 saturated heterocycles. The fraction of sp³-hybridized carbons (Fsp3) is 0.727. The normalized spacial score (nSPS) is 25.2. The van der Waals surface area contributed by atoms with E-state index in [0.29, 0.717) is 0 Å². The quantitative estimate of drug-likeness (QED) is 0.833. The molecular formula is C22H34N2O2. The van der Waals surface area contributed by atoms with Crippen molar-refractivity contribution < 1.29 is 9.47 Å². The second kappa shape index (κ2) is 8.18. The van der Waals surface area contributed by atoms with E-state index in [2.05, 4.69) is 30.3 Å². The molecule has 4 nitrogen and oxygen atoms in total. The van der Waals surface area contributed by atoms with Crippen LogP contribution in [-0.4, -0.2) is 46.5 Å². The minimum atomic E-state index is 0.797. The minimum absolute atomic E-state index is 0.797. The van der Waals surface area contributed by atoms with E-state index in [4.69, 9.17) is 9.47 Å². The maximum absolute atomic E-state index is 5.96. The molecule has 4 heteroatoms. The van der Waals surface area contributed by atoms with E-state index in [0.717, 1.165) is 63.5 Å². The van der Waals surface area contributed by atoms with E-state index < -0.39 is 0 Å². The highest BCUT2D eigenvalue weighted by atomic mass is 16.5. The first-order valence-corrected chi connectivity index (χ1v) is 10.5. The third kappa shape index (κ3) is 4.01. The number of anilines is 1. The molecule has 1 N–H and O–H groups in total. The lowest BCUT2D eigenvalue weighted by Gasteiger charge is -2.32. The standard InChI is InChI=1S/C16H22N2O.C6H12O/c1-18-8-9-19-14-10-12-4-6-17-7-5-13(12)15(16(14)18)11-2-3-11;1-6-3-2-4-7-5-6/h10-11,17H,2-9H2,1H3;6H,2-5H2,1H3. The topological polar surface area (TPSA) is 33.7 Å². The maximum atomic E-state index is 5.96. The predicted molar refractivity (Wildman–Crippen MR) is 107 cm³/mol. The second-order valence-corrected chi connectivity index (χ2v) is 8.39. The number of likely N-dealkylation sites (N-methyl/N-ethyl adjacent to an activating group) is 1. The largest absolute Gasteiger partial charge is 0.490 e. The van der Waals surface area contributed by atoms with E-state index in [1.165, 1.54) is 43.4 Å². The van der Waals surface area contributed by atoms with Crippen molar-refractivity contribution in [1.29, 1.82) is 0 Å². The van der Waals surface area contributed by atoms with E-state index in [1.54, 1.807) is 11.1 Å². The van der Waals surface area contributed by atoms with Crippen LogP contribution in [0.15, 0.2) is 6.07 Å². The summed E-state index contributed by atoms with van der Waals surface area (Å²) in [6.45, 7) is 8.28. The highest BCUT2D eigenvalue weighted by Gasteiger charge is 2.34. The molecule has 0 amide bonds. The summed E-state index contributed by atoms with van der Waals surface area (Å²) in [5.41, 5.74) is 6.18. The van der Waals surface area contributed by atoms with Crippen LogP contribution in [-0.2, 0) is 17.6 Å². The Morgan fingerprint density at radius 2 is 1.96 bits per heavy atom. The SMILES string of the molecule is CC1CCCOC1.CN1CCOc2cc3c(c(C4CC4)c21)CCNCC3. The molecule has 3 heterocycles. The number of nitrogens with one attached hydrogen (secondary N) is 1. The number of benzene rings is 1. The highest BCUT2D eigenvalue weighted by Crippen LogP contribution is 2.51. The molecular weight excluding hydrogens is 324 g/mol. The minimum Gasteiger partial charge on any atom is -0.490 e. The van der Waals surface area contributed by atoms with Crippen molar-refractivity contribution >= 4 is 5.69 Å². The fourth-order valence-electron chi connectivity index (χ4n) is 4.46. The van der Waals surface area contributed by atoms with Gasteiger partial charge in [0.05, 0.1) is 12.2 Å². The summed E-state index contributed by atoms with van der Waals surface area (Å²) in [4.78, 5) is 2.41. The molecule has 2 fully saturated rings. The van der Waals surface area contributed by atoms with Gasteiger partial charge in [0.1, 0.15) is 12.4 Å². The number of hydrogen-bond acceptors (Lipinski definition) is 4. The molecule has 0 aromatic heterocycles. The summed E-state index contributed by atoms with van der Waals surface area (Å²) >= 11 is 0. The zero-order valence-electron chi connectivity index (χ0n) is 16.5. The number of ether oxygens (including phenoxy) is 2. The first-order valence-electron chi connectivity index (χ1n) is 10.5. The lowest BCUT2D eigenvalue weighted by molar-refractivity contribution is 0.0616. The summed E-state index contributed by atoms with van der Waals surface area (Å²) in [6.07, 6.45) is 7.69. The van der Waals surface area contributed by atoms with Crippen LogP contribution in [0.4, 0.5) is 5.69 Å². The van der Waals surface area contributed by atoms with Gasteiger partial charge in [0, 0.05) is 20.3 Å². The van der Waals surface area contributed by atoms with Crippen LogP contribution in [0.3, 0.4) is 0 Å². The molecule has 0 radical (unpaired) electrons. The van der Waals surface area contributed by atoms with Crippen LogP contribution in [0.1, 0.15) is 55.2 Å². The van der Waals surface area contributed by atoms with Crippen molar-refractivity contribution in [2.24, 2.45) is 5.92 Å². The highest BCUT2D eigenvalue weighted by molar-refractivity contribution is 5.71. The summed E-state index contributed by atoms with van der Waals surface area (Å²) in [6, 6.07) is 2.32. The lowest BCUT2D eigenvalue weighted by atomic mass is 9.91. The van der Waals surface area contributed by atoms with Gasteiger partial charge in [0.25, 0.3) is 0 Å². The molecule has 1 aromatic rings. The molecule has 1 saturated carbocycles. The van der Waals surface area contributed by atoms with E-state index in [-0.39, 0.29) is 0 Å². The average Bonchev–Trinajstić information content (AvgIpc) is 3.49. The Balaban J connectivity index is 0.000000204. The van der Waals surface area contributed by atoms with Crippen molar-refractivity contribution in [3.63, 3.8) is 0 Å². The van der Waals surface area contributed by atoms with Gasteiger partial charge in [-0.3, -0.25) is 0 Å². The fourth-order valence-corrected chi connectivity index (χ4v) is 4.46. The zero-order valence-corrected chi connectivity index (χ0v) is 16.5. The third-order valence-electron chi connectivity index (χ3n) is 6.07. The summed E-state index contributed by atoms with van der Waals surface area (Å²) < 4.78 is 11.1. The smallest absolute Gasteiger partial charge is 0.143 e. The molecule has 3 aliphatic heterocycles. The first kappa shape index (κ1) is 18.1. The van der Waals surface area contributed by atoms with Crippen molar-refractivity contribution in [3.8, 4) is 5.75 Å². The number of nitrogens with zero attached hydrogens (tertiary/aromatic N) is 1. The van der Waals surface area contributed by atoms with Crippen molar-refractivity contribution in [3.05, 3.63) is 22.8 Å². The van der Waals surface area contributed by atoms with Crippen LogP contribution >= 0.6 is 0 Å². The predicted octanol–water partition coefficient (Wildman–Crippen LogP) is 3.51. The van der Waals surface area contributed by atoms with Gasteiger partial charge in [0.2, 0.25) is 0 Å². The molecule has 1 aliphatic carbocycles. The molecule has 0 bridgehead atoms. The molecule has 1 unspecified atom stereocenters. The van der Waals surface area contributed by atoms with Gasteiger partial charge < -0.3 is 19.7 Å². The van der Waals surface area contributed by atoms with Crippen LogP contribution < -0.4 is 15.0 Å². The Hall–Kier alpha value is -1.26. The Kier molecular flexibility index (Phi) is 5.70. The molecule has 1 atom stereocenters. The maximum Gasteiger partial charge on any atom is 0.143 e. The number of rotatable bonds is 1. The van der Waals surface area contributed by atoms with Gasteiger partial charge in [-0.2, -0.15) is 0 Å². The molecule has 26 heavy (non-hydrogen) atoms. The second-order valence-electron chi connectivity index (χ2n) is 8.39. The molecule has 5 rings (SSSR count). The Morgan fingerprint density at radius 3 is 2.65 bits per heavy atom. The lowest BCUT2D eigenvalue weighted by Crippen LogP contribution is -2.30. The van der Waals surface area contributed by atoms with Gasteiger partial charge in [-0.05, 0) is 86.2 Å². The van der Waals surface area contributed by atoms with Crippen molar-refractivity contribution in [2.75, 3.05) is 51.4 Å². The number of hydrogen-bond donors (Lipinski definition) is 1. The number of fused-ring (bicyclic) bond motifs is 2.